The summed E-state index contributed by atoms with van der Waals surface area (Å²) in [6, 6.07) is 14.4. The summed E-state index contributed by atoms with van der Waals surface area (Å²) >= 11 is 0. The largest absolute Gasteiger partial charge is 0.444 e. The number of benzene rings is 3. The lowest BCUT2D eigenvalue weighted by atomic mass is 9.96. The normalized spacial score (nSPS) is 14.8. The van der Waals surface area contributed by atoms with Gasteiger partial charge in [-0.15, -0.1) is 0 Å². The zero-order chi connectivity index (χ0) is 30.1. The van der Waals surface area contributed by atoms with Gasteiger partial charge >= 0.3 is 6.09 Å². The molecule has 5 aromatic rings. The molecule has 1 aliphatic heterocycles. The number of carbonyl (C=O) groups is 4. The first-order valence-electron chi connectivity index (χ1n) is 14.0. The summed E-state index contributed by atoms with van der Waals surface area (Å²) in [5.41, 5.74) is 3.55. The Hall–Kier alpha value is -4.86. The van der Waals surface area contributed by atoms with Gasteiger partial charge in [0.25, 0.3) is 11.8 Å². The molecule has 0 bridgehead atoms. The average molecular weight is 568 g/mol. The van der Waals surface area contributed by atoms with Gasteiger partial charge in [-0.2, -0.15) is 0 Å². The Bertz CT molecular complexity index is 1980. The summed E-state index contributed by atoms with van der Waals surface area (Å²) in [7, 11) is 1.96. The van der Waals surface area contributed by atoms with Crippen LogP contribution in [0.2, 0.25) is 0 Å². The van der Waals surface area contributed by atoms with Crippen LogP contribution in [0.15, 0.2) is 48.5 Å². The van der Waals surface area contributed by atoms with Gasteiger partial charge in [-0.05, 0) is 46.8 Å². The van der Waals surface area contributed by atoms with Crippen molar-refractivity contribution in [2.75, 3.05) is 0 Å². The lowest BCUT2D eigenvalue weighted by Gasteiger charge is -2.23. The van der Waals surface area contributed by atoms with E-state index in [1.165, 1.54) is 0 Å². The highest BCUT2D eigenvalue weighted by molar-refractivity contribution is 6.39. The van der Waals surface area contributed by atoms with Crippen molar-refractivity contribution in [1.82, 2.24) is 25.1 Å². The predicted molar refractivity (Wildman–Crippen MR) is 162 cm³/mol. The fourth-order valence-corrected chi connectivity index (χ4v) is 6.09. The summed E-state index contributed by atoms with van der Waals surface area (Å²) in [6.07, 6.45) is -0.667. The third-order valence-electron chi connectivity index (χ3n) is 7.70. The highest BCUT2D eigenvalue weighted by Crippen LogP contribution is 2.44. The molecule has 2 atom stereocenters. The van der Waals surface area contributed by atoms with Crippen LogP contribution in [0, 0.1) is 0 Å². The molecule has 2 aromatic heterocycles. The molecule has 0 spiro atoms. The molecule has 6 rings (SSSR count). The van der Waals surface area contributed by atoms with Crippen molar-refractivity contribution in [3.63, 3.8) is 0 Å². The number of aryl methyl sites for hydroxylation is 1. The van der Waals surface area contributed by atoms with Gasteiger partial charge in [-0.25, -0.2) is 4.79 Å². The number of carbonyl (C=O) groups excluding carboxylic acids is 4. The van der Waals surface area contributed by atoms with Gasteiger partial charge in [0.1, 0.15) is 11.6 Å². The molecule has 10 heteroatoms. The Morgan fingerprint density at radius 2 is 1.40 bits per heavy atom. The molecule has 10 nitrogen and oxygen atoms in total. The monoisotopic (exact) mass is 567 g/mol. The number of rotatable bonds is 5. The van der Waals surface area contributed by atoms with Crippen molar-refractivity contribution >= 4 is 67.4 Å². The summed E-state index contributed by atoms with van der Waals surface area (Å²) in [5, 5.41) is 11.3. The van der Waals surface area contributed by atoms with Crippen LogP contribution in [-0.2, 0) is 23.1 Å². The molecular formula is C32H33N5O5. The summed E-state index contributed by atoms with van der Waals surface area (Å²) in [5.74, 6) is -1.17. The van der Waals surface area contributed by atoms with Crippen LogP contribution in [0.5, 0.6) is 0 Å². The van der Waals surface area contributed by atoms with Gasteiger partial charge in [-0.3, -0.25) is 19.7 Å². The second-order valence-corrected chi connectivity index (χ2v) is 12.0. The molecule has 0 fully saturated rings. The number of alkyl carbamates (subject to hydrolysis) is 1. The Kier molecular flexibility index (Phi) is 6.25. The maximum absolute atomic E-state index is 13.3. The molecule has 1 unspecified atom stereocenters. The van der Waals surface area contributed by atoms with E-state index in [-0.39, 0.29) is 11.9 Å². The number of para-hydroxylation sites is 2. The Labute approximate surface area is 242 Å². The number of amides is 4. The Morgan fingerprint density at radius 1 is 0.857 bits per heavy atom. The fourth-order valence-electron chi connectivity index (χ4n) is 6.09. The molecule has 0 saturated heterocycles. The number of fused-ring (bicyclic) bond motifs is 10. The average Bonchev–Trinajstić information content (AvgIpc) is 3.50. The number of nitrogens with zero attached hydrogens (tertiary/aromatic N) is 2. The molecule has 1 aliphatic rings. The maximum Gasteiger partial charge on any atom is 0.408 e. The van der Waals surface area contributed by atoms with Crippen LogP contribution in [-0.4, -0.2) is 50.6 Å². The third-order valence-corrected chi connectivity index (χ3v) is 7.70. The number of imide groups is 1. The quantitative estimate of drug-likeness (QED) is 0.265. The Balaban J connectivity index is 1.49. The summed E-state index contributed by atoms with van der Waals surface area (Å²) < 4.78 is 9.46. The van der Waals surface area contributed by atoms with Crippen molar-refractivity contribution in [3.8, 4) is 0 Å². The smallest absolute Gasteiger partial charge is 0.408 e. The van der Waals surface area contributed by atoms with Gasteiger partial charge in [0.2, 0.25) is 5.91 Å². The lowest BCUT2D eigenvalue weighted by Crippen LogP contribution is -2.49. The second-order valence-electron chi connectivity index (χ2n) is 12.0. The van der Waals surface area contributed by atoms with E-state index in [0.717, 1.165) is 38.2 Å². The Morgan fingerprint density at radius 3 is 2.02 bits per heavy atom. The SMILES string of the molecule is CC(Cn1c2ccccc2c2c3c(c4c5ccccc5n(C)c4c21)C(=O)NC3=O)NC(=O)[C@H](C)NC(=O)OC(C)(C)C. The molecular weight excluding hydrogens is 534 g/mol. The predicted octanol–water partition coefficient (Wildman–Crippen LogP) is 4.74. The minimum Gasteiger partial charge on any atom is -0.444 e. The summed E-state index contributed by atoms with van der Waals surface area (Å²) in [6.45, 7) is 9.14. The van der Waals surface area contributed by atoms with Gasteiger partial charge in [0.05, 0.1) is 22.2 Å². The standard InChI is InChI=1S/C32H33N5O5/c1-16(33-28(38)17(2)34-31(41)42-32(3,4)5)15-37-21-14-10-8-12-19(21)23-25-24(29(39)35-30(25)40)22-18-11-7-9-13-20(18)36(6)26(22)27(23)37/h7-14,16-17H,15H2,1-6H3,(H,33,38)(H,34,41)(H,35,39,40)/t16?,17-/m0/s1. The fraction of sp³-hybridized carbons (Fsp3) is 0.312. The minimum absolute atomic E-state index is 0.352. The van der Waals surface area contributed by atoms with Crippen LogP contribution >= 0.6 is 0 Å². The first-order valence-corrected chi connectivity index (χ1v) is 14.0. The topological polar surface area (TPSA) is 123 Å². The van der Waals surface area contributed by atoms with E-state index >= 15 is 0 Å². The number of hydrogen-bond acceptors (Lipinski definition) is 5. The maximum atomic E-state index is 13.3. The molecule has 3 N–H and O–H groups in total. The number of ether oxygens (including phenoxy) is 1. The first kappa shape index (κ1) is 27.3. The van der Waals surface area contributed by atoms with Crippen molar-refractivity contribution in [2.45, 2.75) is 58.8 Å². The molecule has 0 aliphatic carbocycles. The van der Waals surface area contributed by atoms with Crippen molar-refractivity contribution in [1.29, 1.82) is 0 Å². The first-order chi connectivity index (χ1) is 19.9. The molecule has 3 heterocycles. The third kappa shape index (κ3) is 4.25. The number of nitrogens with one attached hydrogen (secondary N) is 3. The van der Waals surface area contributed by atoms with E-state index in [1.54, 1.807) is 27.7 Å². The minimum atomic E-state index is -0.816. The highest BCUT2D eigenvalue weighted by Gasteiger charge is 2.36. The van der Waals surface area contributed by atoms with Gasteiger partial charge in [0, 0.05) is 52.2 Å². The van der Waals surface area contributed by atoms with Crippen molar-refractivity contribution in [3.05, 3.63) is 59.7 Å². The van der Waals surface area contributed by atoms with Crippen LogP contribution in [0.1, 0.15) is 55.3 Å². The summed E-state index contributed by atoms with van der Waals surface area (Å²) in [4.78, 5) is 51.8. The van der Waals surface area contributed by atoms with Gasteiger partial charge in [0.15, 0.2) is 0 Å². The van der Waals surface area contributed by atoms with Crippen LogP contribution in [0.3, 0.4) is 0 Å². The van der Waals surface area contributed by atoms with E-state index in [4.69, 9.17) is 4.74 Å². The van der Waals surface area contributed by atoms with Crippen molar-refractivity contribution in [2.24, 2.45) is 7.05 Å². The van der Waals surface area contributed by atoms with Gasteiger partial charge in [-0.1, -0.05) is 36.4 Å². The van der Waals surface area contributed by atoms with E-state index < -0.39 is 29.6 Å². The molecule has 0 radical (unpaired) electrons. The van der Waals surface area contributed by atoms with Crippen LogP contribution < -0.4 is 16.0 Å². The number of hydrogen-bond donors (Lipinski definition) is 3. The van der Waals surface area contributed by atoms with E-state index in [9.17, 15) is 19.2 Å². The second kappa shape index (κ2) is 9.61. The molecule has 3 aromatic carbocycles. The zero-order valence-corrected chi connectivity index (χ0v) is 24.4. The lowest BCUT2D eigenvalue weighted by molar-refractivity contribution is -0.123. The van der Waals surface area contributed by atoms with Crippen molar-refractivity contribution < 1.29 is 23.9 Å². The molecule has 42 heavy (non-hydrogen) atoms. The zero-order valence-electron chi connectivity index (χ0n) is 24.4. The van der Waals surface area contributed by atoms with Crippen LogP contribution in [0.25, 0.3) is 43.6 Å². The van der Waals surface area contributed by atoms with Gasteiger partial charge < -0.3 is 24.5 Å². The number of aromatic nitrogens is 2. The molecule has 216 valence electrons. The van der Waals surface area contributed by atoms with E-state index in [2.05, 4.69) is 25.1 Å². The molecule has 4 amide bonds. The molecule has 0 saturated carbocycles. The highest BCUT2D eigenvalue weighted by atomic mass is 16.6. The van der Waals surface area contributed by atoms with E-state index in [1.807, 2.05) is 62.5 Å². The van der Waals surface area contributed by atoms with Crippen LogP contribution in [0.4, 0.5) is 4.79 Å². The van der Waals surface area contributed by atoms with E-state index in [0.29, 0.717) is 23.1 Å².